The number of hydrogen-bond donors (Lipinski definition) is 1. The van der Waals surface area contributed by atoms with Crippen molar-refractivity contribution in [1.82, 2.24) is 0 Å². The van der Waals surface area contributed by atoms with Gasteiger partial charge in [0.25, 0.3) is 0 Å². The molecule has 0 saturated heterocycles. The summed E-state index contributed by atoms with van der Waals surface area (Å²) in [6.45, 7) is 0. The molecule has 0 heterocycles. The highest BCUT2D eigenvalue weighted by Crippen LogP contribution is 2.21. The molecule has 0 aliphatic carbocycles. The molecule has 4 nitrogen and oxygen atoms in total. The van der Waals surface area contributed by atoms with E-state index in [9.17, 15) is 13.5 Å². The van der Waals surface area contributed by atoms with E-state index in [2.05, 4.69) is 0 Å². The van der Waals surface area contributed by atoms with Crippen molar-refractivity contribution in [2.45, 2.75) is 11.3 Å². The highest BCUT2D eigenvalue weighted by Gasteiger charge is 2.09. The Kier molecular flexibility index (Phi) is 2.77. The molecule has 0 unspecified atom stereocenters. The van der Waals surface area contributed by atoms with Gasteiger partial charge in [-0.25, -0.2) is 8.42 Å². The SMILES string of the molecule is CS(=O)(=O)c1ccc(CC#N)c(O)c1. The number of rotatable bonds is 2. The van der Waals surface area contributed by atoms with E-state index in [1.165, 1.54) is 12.1 Å². The van der Waals surface area contributed by atoms with E-state index < -0.39 is 9.84 Å². The molecule has 1 N–H and O–H groups in total. The van der Waals surface area contributed by atoms with Gasteiger partial charge < -0.3 is 5.11 Å². The molecule has 5 heteroatoms. The van der Waals surface area contributed by atoms with Crippen molar-refractivity contribution in [3.05, 3.63) is 23.8 Å². The van der Waals surface area contributed by atoms with Gasteiger partial charge >= 0.3 is 0 Å². The summed E-state index contributed by atoms with van der Waals surface area (Å²) in [4.78, 5) is 0.0525. The minimum atomic E-state index is -3.30. The molecular formula is C9H9NO3S. The van der Waals surface area contributed by atoms with Crippen LogP contribution in [0.4, 0.5) is 0 Å². The fraction of sp³-hybridized carbons (Fsp3) is 0.222. The molecule has 0 aliphatic rings. The predicted molar refractivity (Wildman–Crippen MR) is 50.5 cm³/mol. The highest BCUT2D eigenvalue weighted by molar-refractivity contribution is 7.90. The number of aromatic hydroxyl groups is 1. The maximum Gasteiger partial charge on any atom is 0.175 e. The van der Waals surface area contributed by atoms with Crippen LogP contribution in [0.1, 0.15) is 5.56 Å². The van der Waals surface area contributed by atoms with Gasteiger partial charge in [-0.2, -0.15) is 5.26 Å². The second-order valence-corrected chi connectivity index (χ2v) is 4.91. The van der Waals surface area contributed by atoms with Gasteiger partial charge in [-0.05, 0) is 12.1 Å². The Morgan fingerprint density at radius 3 is 2.57 bits per heavy atom. The quantitative estimate of drug-likeness (QED) is 0.787. The highest BCUT2D eigenvalue weighted by atomic mass is 32.2. The van der Waals surface area contributed by atoms with Crippen molar-refractivity contribution in [2.24, 2.45) is 0 Å². The van der Waals surface area contributed by atoms with Gasteiger partial charge in [0.05, 0.1) is 17.4 Å². The zero-order chi connectivity index (χ0) is 10.8. The number of nitrogens with zero attached hydrogens (tertiary/aromatic N) is 1. The van der Waals surface area contributed by atoms with Crippen LogP contribution in [0.5, 0.6) is 5.75 Å². The fourth-order valence-electron chi connectivity index (χ4n) is 1.01. The molecule has 1 aromatic carbocycles. The van der Waals surface area contributed by atoms with E-state index >= 15 is 0 Å². The number of hydrogen-bond acceptors (Lipinski definition) is 4. The standard InChI is InChI=1S/C9H9NO3S/c1-14(12,13)8-3-2-7(4-5-10)9(11)6-8/h2-3,6,11H,4H2,1H3. The molecule has 0 aliphatic heterocycles. The number of phenols is 1. The van der Waals surface area contributed by atoms with Crippen LogP contribution in [-0.2, 0) is 16.3 Å². The molecule has 0 spiro atoms. The van der Waals surface area contributed by atoms with Crippen LogP contribution >= 0.6 is 0 Å². The molecular weight excluding hydrogens is 202 g/mol. The Morgan fingerprint density at radius 2 is 2.14 bits per heavy atom. The second kappa shape index (κ2) is 3.68. The van der Waals surface area contributed by atoms with Gasteiger partial charge in [-0.3, -0.25) is 0 Å². The van der Waals surface area contributed by atoms with Crippen LogP contribution in [0.15, 0.2) is 23.1 Å². The summed E-state index contributed by atoms with van der Waals surface area (Å²) >= 11 is 0. The Labute approximate surface area is 82.3 Å². The monoisotopic (exact) mass is 211 g/mol. The van der Waals surface area contributed by atoms with E-state index in [4.69, 9.17) is 5.26 Å². The molecule has 0 amide bonds. The third-order valence-electron chi connectivity index (χ3n) is 1.75. The molecule has 0 saturated carbocycles. The number of nitriles is 1. The van der Waals surface area contributed by atoms with E-state index in [0.29, 0.717) is 5.56 Å². The second-order valence-electron chi connectivity index (χ2n) is 2.90. The van der Waals surface area contributed by atoms with Crippen LogP contribution in [0, 0.1) is 11.3 Å². The minimum Gasteiger partial charge on any atom is -0.508 e. The zero-order valence-corrected chi connectivity index (χ0v) is 8.37. The Balaban J connectivity index is 3.21. The van der Waals surface area contributed by atoms with Gasteiger partial charge in [0, 0.05) is 11.8 Å². The normalized spacial score (nSPS) is 10.9. The summed E-state index contributed by atoms with van der Waals surface area (Å²) in [6, 6.07) is 5.84. The smallest absolute Gasteiger partial charge is 0.175 e. The lowest BCUT2D eigenvalue weighted by molar-refractivity contribution is 0.467. The summed E-state index contributed by atoms with van der Waals surface area (Å²) in [6.07, 6.45) is 1.13. The molecule has 0 atom stereocenters. The number of sulfone groups is 1. The first-order valence-corrected chi connectivity index (χ1v) is 5.73. The van der Waals surface area contributed by atoms with Gasteiger partial charge in [0.2, 0.25) is 0 Å². The lowest BCUT2D eigenvalue weighted by Gasteiger charge is -2.02. The largest absolute Gasteiger partial charge is 0.508 e. The molecule has 0 aromatic heterocycles. The number of benzene rings is 1. The average Bonchev–Trinajstić information content (AvgIpc) is 2.07. The van der Waals surface area contributed by atoms with Crippen molar-refractivity contribution in [3.63, 3.8) is 0 Å². The molecule has 0 fully saturated rings. The van der Waals surface area contributed by atoms with Gasteiger partial charge in [-0.15, -0.1) is 0 Å². The minimum absolute atomic E-state index is 0.0525. The Hall–Kier alpha value is -1.54. The van der Waals surface area contributed by atoms with Crippen LogP contribution < -0.4 is 0 Å². The average molecular weight is 211 g/mol. The summed E-state index contributed by atoms with van der Waals surface area (Å²) < 4.78 is 22.2. The third-order valence-corrected chi connectivity index (χ3v) is 2.86. The topological polar surface area (TPSA) is 78.2 Å². The Morgan fingerprint density at radius 1 is 1.50 bits per heavy atom. The lowest BCUT2D eigenvalue weighted by atomic mass is 10.1. The van der Waals surface area contributed by atoms with Crippen LogP contribution in [0.2, 0.25) is 0 Å². The van der Waals surface area contributed by atoms with Crippen molar-refractivity contribution >= 4 is 9.84 Å². The van der Waals surface area contributed by atoms with E-state index in [-0.39, 0.29) is 17.1 Å². The van der Waals surface area contributed by atoms with Crippen molar-refractivity contribution < 1.29 is 13.5 Å². The fourth-order valence-corrected chi connectivity index (χ4v) is 1.65. The summed E-state index contributed by atoms with van der Waals surface area (Å²) in [5, 5.41) is 17.8. The molecule has 14 heavy (non-hydrogen) atoms. The predicted octanol–water partition coefficient (Wildman–Crippen LogP) is 0.862. The third kappa shape index (κ3) is 2.24. The van der Waals surface area contributed by atoms with Gasteiger partial charge in [-0.1, -0.05) is 6.07 Å². The van der Waals surface area contributed by atoms with Crippen LogP contribution in [0.25, 0.3) is 0 Å². The maximum atomic E-state index is 11.1. The first kappa shape index (κ1) is 10.5. The van der Waals surface area contributed by atoms with Crippen molar-refractivity contribution in [2.75, 3.05) is 6.26 Å². The summed E-state index contributed by atoms with van der Waals surface area (Å²) in [5.74, 6) is -0.158. The molecule has 0 bridgehead atoms. The first-order valence-electron chi connectivity index (χ1n) is 3.84. The van der Waals surface area contributed by atoms with Crippen molar-refractivity contribution in [3.8, 4) is 11.8 Å². The zero-order valence-electron chi connectivity index (χ0n) is 7.56. The van der Waals surface area contributed by atoms with E-state index in [1.54, 1.807) is 0 Å². The van der Waals surface area contributed by atoms with Crippen molar-refractivity contribution in [1.29, 1.82) is 5.26 Å². The van der Waals surface area contributed by atoms with E-state index in [0.717, 1.165) is 12.3 Å². The lowest BCUT2D eigenvalue weighted by Crippen LogP contribution is -1.97. The molecule has 1 aromatic rings. The van der Waals surface area contributed by atoms with Gasteiger partial charge in [0.15, 0.2) is 9.84 Å². The van der Waals surface area contributed by atoms with E-state index in [1.807, 2.05) is 6.07 Å². The van der Waals surface area contributed by atoms with Crippen LogP contribution in [0.3, 0.4) is 0 Å². The molecule has 0 radical (unpaired) electrons. The van der Waals surface area contributed by atoms with Gasteiger partial charge in [0.1, 0.15) is 5.75 Å². The molecule has 1 rings (SSSR count). The summed E-state index contributed by atoms with van der Waals surface area (Å²) in [7, 11) is -3.30. The maximum absolute atomic E-state index is 11.1. The number of phenolic OH excluding ortho intramolecular Hbond substituents is 1. The molecule has 74 valence electrons. The summed E-state index contributed by atoms with van der Waals surface area (Å²) in [5.41, 5.74) is 0.430. The van der Waals surface area contributed by atoms with Crippen LogP contribution in [-0.4, -0.2) is 19.8 Å². The first-order chi connectivity index (χ1) is 6.45. The Bertz CT molecular complexity index is 485.